The summed E-state index contributed by atoms with van der Waals surface area (Å²) in [6.07, 6.45) is 7.63. The van der Waals surface area contributed by atoms with E-state index in [-0.39, 0.29) is 16.2 Å². The van der Waals surface area contributed by atoms with Crippen LogP contribution in [0.3, 0.4) is 0 Å². The van der Waals surface area contributed by atoms with E-state index >= 15 is 0 Å². The molecule has 4 aliphatic rings. The van der Waals surface area contributed by atoms with Crippen LogP contribution < -0.4 is 0 Å². The Labute approximate surface area is 121 Å². The molecule has 4 fully saturated rings. The fourth-order valence-corrected chi connectivity index (χ4v) is 6.67. The fraction of sp³-hybridized carbons (Fsp3) is 0.824. The second kappa shape index (κ2) is 3.88. The van der Waals surface area contributed by atoms with Crippen LogP contribution in [0.5, 0.6) is 0 Å². The maximum Gasteiger partial charge on any atom is 0.330 e. The largest absolute Gasteiger partial charge is 0.478 e. The van der Waals surface area contributed by atoms with Gasteiger partial charge in [-0.2, -0.15) is 0 Å². The molecule has 4 aliphatic carbocycles. The Bertz CT molecular complexity index is 425. The molecule has 4 saturated carbocycles. The molecular formula is C17H26O3. The number of aliphatic carboxylic acids is 1. The van der Waals surface area contributed by atoms with Crippen LogP contribution in [0.1, 0.15) is 65.2 Å². The minimum absolute atomic E-state index is 0.130. The van der Waals surface area contributed by atoms with Crippen LogP contribution in [0.25, 0.3) is 0 Å². The lowest BCUT2D eigenvalue weighted by Crippen LogP contribution is -2.62. The minimum atomic E-state index is -0.883. The molecule has 0 saturated heterocycles. The Morgan fingerprint density at radius 3 is 2.05 bits per heavy atom. The van der Waals surface area contributed by atoms with Crippen molar-refractivity contribution < 1.29 is 15.0 Å². The third-order valence-electron chi connectivity index (χ3n) is 5.93. The van der Waals surface area contributed by atoms with Gasteiger partial charge in [-0.15, -0.1) is 0 Å². The Balaban J connectivity index is 1.83. The van der Waals surface area contributed by atoms with E-state index in [9.17, 15) is 9.90 Å². The summed E-state index contributed by atoms with van der Waals surface area (Å²) in [6.45, 7) is 8.29. The summed E-state index contributed by atoms with van der Waals surface area (Å²) >= 11 is 0. The number of hydrogen-bond donors (Lipinski definition) is 2. The second-order valence-corrected chi connectivity index (χ2v) is 8.82. The van der Waals surface area contributed by atoms with Crippen LogP contribution in [0.2, 0.25) is 0 Å². The summed E-state index contributed by atoms with van der Waals surface area (Å²) < 4.78 is 0. The molecule has 112 valence electrons. The molecular weight excluding hydrogens is 252 g/mol. The predicted octanol–water partition coefficient (Wildman–Crippen LogP) is 3.52. The molecule has 4 rings (SSSR count). The number of rotatable bonds is 4. The van der Waals surface area contributed by atoms with Gasteiger partial charge in [-0.3, -0.25) is 0 Å². The first-order valence-electron chi connectivity index (χ1n) is 7.70. The monoisotopic (exact) mass is 278 g/mol. The van der Waals surface area contributed by atoms with Gasteiger partial charge >= 0.3 is 5.97 Å². The van der Waals surface area contributed by atoms with Gasteiger partial charge in [-0.1, -0.05) is 20.4 Å². The van der Waals surface area contributed by atoms with Gasteiger partial charge in [0.15, 0.2) is 0 Å². The predicted molar refractivity (Wildman–Crippen MR) is 77.3 cm³/mol. The van der Waals surface area contributed by atoms with Crippen molar-refractivity contribution in [3.8, 4) is 0 Å². The van der Waals surface area contributed by atoms with Crippen molar-refractivity contribution >= 4 is 5.97 Å². The second-order valence-electron chi connectivity index (χ2n) is 8.82. The van der Waals surface area contributed by atoms with Gasteiger partial charge in [0, 0.05) is 5.57 Å². The molecule has 20 heavy (non-hydrogen) atoms. The van der Waals surface area contributed by atoms with Gasteiger partial charge in [0.1, 0.15) is 0 Å². The third kappa shape index (κ3) is 2.20. The van der Waals surface area contributed by atoms with E-state index in [1.807, 2.05) is 0 Å². The van der Waals surface area contributed by atoms with Crippen LogP contribution in [0, 0.1) is 16.2 Å². The first-order valence-corrected chi connectivity index (χ1v) is 7.70. The van der Waals surface area contributed by atoms with E-state index < -0.39 is 11.6 Å². The molecule has 2 N–H and O–H groups in total. The highest BCUT2D eigenvalue weighted by Gasteiger charge is 2.64. The summed E-state index contributed by atoms with van der Waals surface area (Å²) in [5.74, 6) is -0.883. The van der Waals surface area contributed by atoms with Gasteiger partial charge < -0.3 is 10.2 Å². The SMILES string of the molecule is C=C(CCC12CC3(C)CC(C)(CC(O)(C3)C1)C2)C(=O)O. The molecule has 4 bridgehead atoms. The lowest BCUT2D eigenvalue weighted by Gasteiger charge is -2.68. The molecule has 0 radical (unpaired) electrons. The Morgan fingerprint density at radius 1 is 1.05 bits per heavy atom. The highest BCUT2D eigenvalue weighted by atomic mass is 16.4. The van der Waals surface area contributed by atoms with Crippen molar-refractivity contribution in [3.05, 3.63) is 12.2 Å². The van der Waals surface area contributed by atoms with E-state index in [2.05, 4.69) is 20.4 Å². The molecule has 3 nitrogen and oxygen atoms in total. The molecule has 0 aromatic rings. The number of carboxylic acid groups (broad SMARTS) is 1. The quantitative estimate of drug-likeness (QED) is 0.774. The normalized spacial score (nSPS) is 49.4. The van der Waals surface area contributed by atoms with Gasteiger partial charge in [0.05, 0.1) is 5.60 Å². The fourth-order valence-electron chi connectivity index (χ4n) is 6.67. The summed E-state index contributed by atoms with van der Waals surface area (Å²) in [4.78, 5) is 11.0. The number of carboxylic acids is 1. The van der Waals surface area contributed by atoms with E-state index in [0.717, 1.165) is 38.5 Å². The molecule has 2 atom stereocenters. The molecule has 2 unspecified atom stereocenters. The standard InChI is InChI=1S/C17H26O3/c1-12(13(18)19)4-5-16-7-14(2)6-15(3,8-16)10-17(20,9-14)11-16/h20H,1,4-11H2,2-3H3,(H,18,19). The number of carbonyl (C=O) groups is 1. The molecule has 3 heteroatoms. The van der Waals surface area contributed by atoms with Crippen molar-refractivity contribution in [2.24, 2.45) is 16.2 Å². The summed E-state index contributed by atoms with van der Waals surface area (Å²) in [5.41, 5.74) is 0.405. The zero-order valence-corrected chi connectivity index (χ0v) is 12.7. The van der Waals surface area contributed by atoms with Gasteiger partial charge in [-0.25, -0.2) is 4.79 Å². The Hall–Kier alpha value is -0.830. The van der Waals surface area contributed by atoms with Gasteiger partial charge in [0.2, 0.25) is 0 Å². The van der Waals surface area contributed by atoms with Crippen molar-refractivity contribution in [2.75, 3.05) is 0 Å². The highest BCUT2D eigenvalue weighted by Crippen LogP contribution is 2.71. The van der Waals surface area contributed by atoms with Crippen LogP contribution in [0.4, 0.5) is 0 Å². The zero-order chi connectivity index (χ0) is 14.8. The van der Waals surface area contributed by atoms with Crippen molar-refractivity contribution in [1.82, 2.24) is 0 Å². The van der Waals surface area contributed by atoms with Crippen LogP contribution in [-0.4, -0.2) is 21.8 Å². The molecule has 0 amide bonds. The lowest BCUT2D eigenvalue weighted by molar-refractivity contribution is -0.226. The van der Waals surface area contributed by atoms with E-state index in [4.69, 9.17) is 5.11 Å². The van der Waals surface area contributed by atoms with Crippen LogP contribution in [0.15, 0.2) is 12.2 Å². The average molecular weight is 278 g/mol. The topological polar surface area (TPSA) is 57.5 Å². The average Bonchev–Trinajstić information content (AvgIpc) is 2.18. The van der Waals surface area contributed by atoms with E-state index in [0.29, 0.717) is 12.0 Å². The third-order valence-corrected chi connectivity index (χ3v) is 5.93. The lowest BCUT2D eigenvalue weighted by atomic mass is 9.38. The van der Waals surface area contributed by atoms with E-state index in [1.54, 1.807) is 0 Å². The van der Waals surface area contributed by atoms with Crippen molar-refractivity contribution in [3.63, 3.8) is 0 Å². The highest BCUT2D eigenvalue weighted by molar-refractivity contribution is 5.85. The molecule has 0 spiro atoms. The number of hydrogen-bond acceptors (Lipinski definition) is 2. The molecule has 0 aromatic heterocycles. The maximum atomic E-state index is 11.0. The van der Waals surface area contributed by atoms with Gasteiger partial charge in [-0.05, 0) is 67.6 Å². The maximum absolute atomic E-state index is 11.0. The van der Waals surface area contributed by atoms with Crippen molar-refractivity contribution in [2.45, 2.75) is 70.8 Å². The smallest absolute Gasteiger partial charge is 0.330 e. The van der Waals surface area contributed by atoms with Gasteiger partial charge in [0.25, 0.3) is 0 Å². The van der Waals surface area contributed by atoms with Crippen LogP contribution in [-0.2, 0) is 4.79 Å². The first kappa shape index (κ1) is 14.1. The summed E-state index contributed by atoms with van der Waals surface area (Å²) in [7, 11) is 0. The summed E-state index contributed by atoms with van der Waals surface area (Å²) in [6, 6.07) is 0. The van der Waals surface area contributed by atoms with E-state index in [1.165, 1.54) is 6.42 Å². The Kier molecular flexibility index (Phi) is 2.74. The van der Waals surface area contributed by atoms with Crippen LogP contribution >= 0.6 is 0 Å². The minimum Gasteiger partial charge on any atom is -0.478 e. The first-order chi connectivity index (χ1) is 9.07. The molecule has 0 aliphatic heterocycles. The van der Waals surface area contributed by atoms with Crippen molar-refractivity contribution in [1.29, 1.82) is 0 Å². The molecule has 0 heterocycles. The number of aliphatic hydroxyl groups is 1. The summed E-state index contributed by atoms with van der Waals surface area (Å²) in [5, 5.41) is 19.9. The Morgan fingerprint density at radius 2 is 1.60 bits per heavy atom. The zero-order valence-electron chi connectivity index (χ0n) is 12.7. The molecule has 0 aromatic carbocycles.